The molecule has 30 heavy (non-hydrogen) atoms. The summed E-state index contributed by atoms with van der Waals surface area (Å²) in [5.41, 5.74) is -1.61. The zero-order valence-corrected chi connectivity index (χ0v) is 19.7. The Morgan fingerprint density at radius 1 is 0.800 bits per heavy atom. The molecule has 0 aromatic heterocycles. The van der Waals surface area contributed by atoms with Gasteiger partial charge in [0.15, 0.2) is 5.78 Å². The first-order valence-corrected chi connectivity index (χ1v) is 11.9. The summed E-state index contributed by atoms with van der Waals surface area (Å²) >= 11 is 0. The Bertz CT molecular complexity index is 605. The maximum absolute atomic E-state index is 13.7. The molecule has 0 aromatic carbocycles. The molecule has 0 aliphatic heterocycles. The number of rotatable bonds is 8. The van der Waals surface area contributed by atoms with Crippen LogP contribution in [-0.4, -0.2) is 27.9 Å². The number of ketones is 1. The Kier molecular flexibility index (Phi) is 8.15. The van der Waals surface area contributed by atoms with Crippen LogP contribution in [0.5, 0.6) is 0 Å². The lowest BCUT2D eigenvalue weighted by atomic mass is 9.48. The van der Waals surface area contributed by atoms with Crippen LogP contribution in [0.3, 0.4) is 0 Å². The Hall–Kier alpha value is -1.39. The fraction of sp³-hybridized carbons (Fsp3) is 0.880. The molecule has 2 rings (SSSR count). The molecule has 7 atom stereocenters. The summed E-state index contributed by atoms with van der Waals surface area (Å²) in [6.07, 6.45) is 4.58. The molecule has 2 fully saturated rings. The minimum atomic E-state index is -1.61. The Labute approximate surface area is 182 Å². The van der Waals surface area contributed by atoms with Gasteiger partial charge >= 0.3 is 11.9 Å². The molecule has 5 heteroatoms. The zero-order valence-electron chi connectivity index (χ0n) is 19.7. The molecule has 0 aromatic rings. The van der Waals surface area contributed by atoms with Gasteiger partial charge in [-0.15, -0.1) is 0 Å². The van der Waals surface area contributed by atoms with Gasteiger partial charge < -0.3 is 10.2 Å². The van der Waals surface area contributed by atoms with Crippen molar-refractivity contribution >= 4 is 17.7 Å². The number of carboxylic acids is 2. The highest BCUT2D eigenvalue weighted by molar-refractivity contribution is 6.09. The van der Waals surface area contributed by atoms with Crippen molar-refractivity contribution in [1.29, 1.82) is 0 Å². The van der Waals surface area contributed by atoms with Gasteiger partial charge in [0.1, 0.15) is 11.8 Å². The number of carboxylic acid groups (broad SMARTS) is 2. The van der Waals surface area contributed by atoms with Crippen molar-refractivity contribution in [2.24, 2.45) is 52.8 Å². The van der Waals surface area contributed by atoms with E-state index in [4.69, 9.17) is 0 Å². The topological polar surface area (TPSA) is 91.7 Å². The Morgan fingerprint density at radius 3 is 1.50 bits per heavy atom. The van der Waals surface area contributed by atoms with E-state index in [1.807, 2.05) is 0 Å². The second-order valence-corrected chi connectivity index (χ2v) is 11.0. The number of Topliss-reactive ketones (excluding diaryl/α,β-unsaturated/α-hetero) is 1. The number of carbonyl (C=O) groups excluding carboxylic acids is 1. The minimum Gasteiger partial charge on any atom is -0.481 e. The van der Waals surface area contributed by atoms with Crippen molar-refractivity contribution in [2.45, 2.75) is 86.5 Å². The molecule has 0 heterocycles. The molecular weight excluding hydrogens is 380 g/mol. The summed E-state index contributed by atoms with van der Waals surface area (Å²) < 4.78 is 0. The minimum absolute atomic E-state index is 0.125. The third-order valence-electron chi connectivity index (χ3n) is 8.34. The standard InChI is InChI=1S/C25H42O5/c1-14(2)18-9-7-16(5)11-20(18)25(24(29)30,22(26)13-23(27)28)21-12-17(6)8-10-19(21)15(3)4/h14-21H,7-13H2,1-6H3,(H,27,28)(H,29,30)/t16-,17?,18+,19?,20-,21-,25?/m1/s1. The highest BCUT2D eigenvalue weighted by atomic mass is 16.4. The molecule has 0 spiro atoms. The number of hydrogen-bond acceptors (Lipinski definition) is 3. The second-order valence-electron chi connectivity index (χ2n) is 11.0. The molecule has 172 valence electrons. The van der Waals surface area contributed by atoms with Gasteiger partial charge in [-0.25, -0.2) is 0 Å². The van der Waals surface area contributed by atoms with Crippen LogP contribution in [0.2, 0.25) is 0 Å². The lowest BCUT2D eigenvalue weighted by Crippen LogP contribution is -2.59. The van der Waals surface area contributed by atoms with E-state index in [1.165, 1.54) is 0 Å². The third kappa shape index (κ3) is 4.75. The number of carbonyl (C=O) groups is 3. The molecule has 2 N–H and O–H groups in total. The van der Waals surface area contributed by atoms with Crippen LogP contribution in [0, 0.1) is 52.8 Å². The van der Waals surface area contributed by atoms with Crippen molar-refractivity contribution < 1.29 is 24.6 Å². The van der Waals surface area contributed by atoms with Gasteiger partial charge in [0.25, 0.3) is 0 Å². The molecule has 5 nitrogen and oxygen atoms in total. The lowest BCUT2D eigenvalue weighted by Gasteiger charge is -2.53. The van der Waals surface area contributed by atoms with Crippen LogP contribution >= 0.6 is 0 Å². The quantitative estimate of drug-likeness (QED) is 0.503. The summed E-state index contributed by atoms with van der Waals surface area (Å²) in [7, 11) is 0. The molecule has 2 aliphatic carbocycles. The maximum atomic E-state index is 13.7. The predicted molar refractivity (Wildman–Crippen MR) is 117 cm³/mol. The van der Waals surface area contributed by atoms with Crippen LogP contribution in [-0.2, 0) is 14.4 Å². The monoisotopic (exact) mass is 422 g/mol. The Morgan fingerprint density at radius 2 is 1.20 bits per heavy atom. The van der Waals surface area contributed by atoms with E-state index in [2.05, 4.69) is 41.5 Å². The average Bonchev–Trinajstić information content (AvgIpc) is 2.61. The second kappa shape index (κ2) is 9.82. The van der Waals surface area contributed by atoms with Gasteiger partial charge in [-0.3, -0.25) is 14.4 Å². The fourth-order valence-electron chi connectivity index (χ4n) is 6.86. The van der Waals surface area contributed by atoms with Gasteiger partial charge in [0.2, 0.25) is 0 Å². The Balaban J connectivity index is 2.72. The molecule has 0 saturated heterocycles. The predicted octanol–water partition coefficient (Wildman–Crippen LogP) is 5.52. The SMILES string of the molecule is CC1CCC(C(C)C)[C@H](C(C(=O)O)(C(=O)CC(=O)O)[C@@H]2C[C@H](C)CC[C@H]2C(C)C)C1. The molecular formula is C25H42O5. The van der Waals surface area contributed by atoms with Crippen molar-refractivity contribution in [1.82, 2.24) is 0 Å². The molecule has 2 saturated carbocycles. The van der Waals surface area contributed by atoms with Gasteiger partial charge in [0, 0.05) is 0 Å². The van der Waals surface area contributed by atoms with Gasteiger partial charge in [-0.05, 0) is 73.0 Å². The van der Waals surface area contributed by atoms with Gasteiger partial charge in [-0.2, -0.15) is 0 Å². The first kappa shape index (κ1) is 24.9. The van der Waals surface area contributed by atoms with E-state index in [9.17, 15) is 24.6 Å². The first-order chi connectivity index (χ1) is 13.9. The van der Waals surface area contributed by atoms with Crippen molar-refractivity contribution in [2.75, 3.05) is 0 Å². The normalized spacial score (nSPS) is 34.5. The third-order valence-corrected chi connectivity index (χ3v) is 8.34. The van der Waals surface area contributed by atoms with E-state index in [0.29, 0.717) is 24.7 Å². The van der Waals surface area contributed by atoms with E-state index in [-0.39, 0.29) is 35.5 Å². The largest absolute Gasteiger partial charge is 0.481 e. The molecule has 0 radical (unpaired) electrons. The van der Waals surface area contributed by atoms with Gasteiger partial charge in [0.05, 0.1) is 0 Å². The fourth-order valence-corrected chi connectivity index (χ4v) is 6.86. The van der Waals surface area contributed by atoms with Gasteiger partial charge in [-0.1, -0.05) is 54.4 Å². The smallest absolute Gasteiger partial charge is 0.317 e. The number of hydrogen-bond donors (Lipinski definition) is 2. The average molecular weight is 423 g/mol. The van der Waals surface area contributed by atoms with E-state index < -0.39 is 29.6 Å². The molecule has 0 amide bonds. The summed E-state index contributed by atoms with van der Waals surface area (Å²) in [5.74, 6) is -2.01. The van der Waals surface area contributed by atoms with E-state index in [1.54, 1.807) is 0 Å². The van der Waals surface area contributed by atoms with Crippen LogP contribution < -0.4 is 0 Å². The van der Waals surface area contributed by atoms with Crippen molar-refractivity contribution in [3.63, 3.8) is 0 Å². The van der Waals surface area contributed by atoms with Crippen LogP contribution in [0.25, 0.3) is 0 Å². The maximum Gasteiger partial charge on any atom is 0.317 e. The highest BCUT2D eigenvalue weighted by Crippen LogP contribution is 2.57. The van der Waals surface area contributed by atoms with Crippen molar-refractivity contribution in [3.8, 4) is 0 Å². The van der Waals surface area contributed by atoms with Crippen LogP contribution in [0.1, 0.15) is 86.5 Å². The van der Waals surface area contributed by atoms with E-state index in [0.717, 1.165) is 25.7 Å². The van der Waals surface area contributed by atoms with Crippen LogP contribution in [0.4, 0.5) is 0 Å². The summed E-state index contributed by atoms with van der Waals surface area (Å²) in [6.45, 7) is 12.7. The van der Waals surface area contributed by atoms with Crippen LogP contribution in [0.15, 0.2) is 0 Å². The molecule has 0 bridgehead atoms. The van der Waals surface area contributed by atoms with E-state index >= 15 is 0 Å². The zero-order chi connectivity index (χ0) is 22.8. The molecule has 3 unspecified atom stereocenters. The number of aliphatic carboxylic acids is 2. The summed E-state index contributed by atoms with van der Waals surface area (Å²) in [6, 6.07) is 0. The first-order valence-electron chi connectivity index (χ1n) is 11.9. The summed E-state index contributed by atoms with van der Waals surface area (Å²) in [5, 5.41) is 20.2. The highest BCUT2D eigenvalue weighted by Gasteiger charge is 2.62. The molecule has 2 aliphatic rings. The summed E-state index contributed by atoms with van der Waals surface area (Å²) in [4.78, 5) is 38.5. The van der Waals surface area contributed by atoms with Crippen molar-refractivity contribution in [3.05, 3.63) is 0 Å². The lowest BCUT2D eigenvalue weighted by molar-refractivity contribution is -0.176.